The number of aliphatic hydroxyl groups excluding tert-OH is 1. The molecule has 2 aromatic carbocycles. The highest BCUT2D eigenvalue weighted by Gasteiger charge is 2.16. The topological polar surface area (TPSA) is 45.2 Å². The quantitative estimate of drug-likeness (QED) is 0.774. The van der Waals surface area contributed by atoms with E-state index in [0.29, 0.717) is 12.3 Å². The number of likely N-dealkylation sites (tertiary alicyclic amines) is 1. The molecule has 0 amide bonds. The second kappa shape index (κ2) is 9.57. The Kier molecular flexibility index (Phi) is 6.64. The first-order chi connectivity index (χ1) is 14.2. The smallest absolute Gasteiger partial charge is 0.127 e. The molecule has 2 aliphatic heterocycles. The zero-order valence-corrected chi connectivity index (χ0v) is 16.7. The first kappa shape index (κ1) is 20.1. The molecule has 0 radical (unpaired) electrons. The predicted octanol–water partition coefficient (Wildman–Crippen LogP) is 3.16. The zero-order chi connectivity index (χ0) is 20.1. The van der Waals surface area contributed by atoms with Gasteiger partial charge in [0.25, 0.3) is 0 Å². The Bertz CT molecular complexity index is 787. The van der Waals surface area contributed by atoms with Gasteiger partial charge >= 0.3 is 0 Å². The van der Waals surface area contributed by atoms with Crippen molar-refractivity contribution in [1.82, 2.24) is 4.90 Å². The molecule has 0 aromatic heterocycles. The third-order valence-electron chi connectivity index (χ3n) is 5.56. The molecule has 1 unspecified atom stereocenters. The summed E-state index contributed by atoms with van der Waals surface area (Å²) in [6.07, 6.45) is 1.80. The van der Waals surface area contributed by atoms with Gasteiger partial charge in [-0.25, -0.2) is 4.39 Å². The van der Waals surface area contributed by atoms with Crippen LogP contribution in [-0.2, 0) is 4.74 Å². The third kappa shape index (κ3) is 5.47. The van der Waals surface area contributed by atoms with Gasteiger partial charge in [-0.15, -0.1) is 0 Å². The van der Waals surface area contributed by atoms with Crippen LogP contribution in [0.4, 0.5) is 10.1 Å². The normalized spacial score (nSPS) is 18.8. The molecule has 0 saturated carbocycles. The fourth-order valence-corrected chi connectivity index (χ4v) is 4.01. The third-order valence-corrected chi connectivity index (χ3v) is 5.56. The molecule has 1 atom stereocenters. The molecular weight excluding hydrogens is 371 g/mol. The van der Waals surface area contributed by atoms with Crippen LogP contribution in [0, 0.1) is 5.82 Å². The van der Waals surface area contributed by atoms with Crippen LogP contribution in [0.2, 0.25) is 0 Å². The summed E-state index contributed by atoms with van der Waals surface area (Å²) in [4.78, 5) is 4.52. The van der Waals surface area contributed by atoms with Crippen LogP contribution in [0.25, 0.3) is 11.1 Å². The number of hydrogen-bond donors (Lipinski definition) is 1. The molecule has 29 heavy (non-hydrogen) atoms. The number of halogens is 1. The lowest BCUT2D eigenvalue weighted by Crippen LogP contribution is -2.36. The molecule has 156 valence electrons. The predicted molar refractivity (Wildman–Crippen MR) is 112 cm³/mol. The van der Waals surface area contributed by atoms with Crippen LogP contribution in [-0.4, -0.2) is 68.7 Å². The largest absolute Gasteiger partial charge is 0.491 e. The van der Waals surface area contributed by atoms with E-state index in [1.54, 1.807) is 0 Å². The molecule has 2 heterocycles. The molecule has 1 N–H and O–H groups in total. The molecule has 2 aromatic rings. The maximum Gasteiger partial charge on any atom is 0.127 e. The van der Waals surface area contributed by atoms with Crippen LogP contribution < -0.4 is 9.64 Å². The van der Waals surface area contributed by atoms with Crippen molar-refractivity contribution in [3.63, 3.8) is 0 Å². The summed E-state index contributed by atoms with van der Waals surface area (Å²) in [6.45, 7) is 6.09. The fraction of sp³-hybridized carbons (Fsp3) is 0.478. The number of ether oxygens (including phenoxy) is 2. The number of hydrogen-bond acceptors (Lipinski definition) is 5. The lowest BCUT2D eigenvalue weighted by atomic mass is 10.0. The van der Waals surface area contributed by atoms with Gasteiger partial charge in [-0.2, -0.15) is 0 Å². The van der Waals surface area contributed by atoms with Gasteiger partial charge in [-0.1, -0.05) is 12.1 Å². The average molecular weight is 400 g/mol. The maximum absolute atomic E-state index is 14.2. The van der Waals surface area contributed by atoms with E-state index in [9.17, 15) is 9.50 Å². The monoisotopic (exact) mass is 400 g/mol. The first-order valence-corrected chi connectivity index (χ1v) is 10.4. The van der Waals surface area contributed by atoms with Crippen LogP contribution >= 0.6 is 0 Å². The van der Waals surface area contributed by atoms with Crippen molar-refractivity contribution in [2.75, 3.05) is 57.4 Å². The van der Waals surface area contributed by atoms with Gasteiger partial charge in [-0.3, -0.25) is 0 Å². The van der Waals surface area contributed by atoms with E-state index in [0.717, 1.165) is 56.2 Å². The summed E-state index contributed by atoms with van der Waals surface area (Å²) in [5.41, 5.74) is 2.85. The highest BCUT2D eigenvalue weighted by Crippen LogP contribution is 2.28. The van der Waals surface area contributed by atoms with Gasteiger partial charge in [0.15, 0.2) is 0 Å². The van der Waals surface area contributed by atoms with E-state index in [4.69, 9.17) is 9.47 Å². The lowest BCUT2D eigenvalue weighted by Gasteiger charge is -2.28. The Morgan fingerprint density at radius 2 is 1.69 bits per heavy atom. The molecular formula is C23H29FN2O3. The summed E-state index contributed by atoms with van der Waals surface area (Å²) in [6, 6.07) is 12.8. The molecule has 0 bridgehead atoms. The molecule has 2 fully saturated rings. The molecule has 0 spiro atoms. The van der Waals surface area contributed by atoms with Crippen molar-refractivity contribution < 1.29 is 19.0 Å². The van der Waals surface area contributed by atoms with Crippen LogP contribution in [0.5, 0.6) is 5.75 Å². The molecule has 2 saturated heterocycles. The lowest BCUT2D eigenvalue weighted by molar-refractivity contribution is 0.0757. The van der Waals surface area contributed by atoms with Gasteiger partial charge < -0.3 is 24.4 Å². The number of aliphatic hydroxyl groups is 1. The summed E-state index contributed by atoms with van der Waals surface area (Å²) in [5.74, 6) is 0.0986. The number of anilines is 1. The van der Waals surface area contributed by atoms with E-state index in [-0.39, 0.29) is 12.4 Å². The van der Waals surface area contributed by atoms with E-state index in [1.165, 1.54) is 25.0 Å². The molecule has 0 aliphatic carbocycles. The Hall–Kier alpha value is -2.15. The number of β-amino-alcohol motifs (C(OH)–C–C–N with tert-alkyl or cyclic N) is 1. The van der Waals surface area contributed by atoms with Crippen molar-refractivity contribution >= 4 is 5.69 Å². The molecule has 2 aliphatic rings. The minimum Gasteiger partial charge on any atom is -0.491 e. The maximum atomic E-state index is 14.2. The van der Waals surface area contributed by atoms with Crippen molar-refractivity contribution in [2.24, 2.45) is 0 Å². The molecule has 6 heteroatoms. The van der Waals surface area contributed by atoms with Gasteiger partial charge in [-0.05, 0) is 61.3 Å². The number of benzene rings is 2. The highest BCUT2D eigenvalue weighted by atomic mass is 19.1. The second-order valence-corrected chi connectivity index (χ2v) is 7.79. The minimum absolute atomic E-state index is 0.162. The first-order valence-electron chi connectivity index (χ1n) is 10.4. The summed E-state index contributed by atoms with van der Waals surface area (Å²) >= 11 is 0. The van der Waals surface area contributed by atoms with Crippen molar-refractivity contribution in [3.8, 4) is 16.9 Å². The fourth-order valence-electron chi connectivity index (χ4n) is 4.01. The van der Waals surface area contributed by atoms with Crippen LogP contribution in [0.15, 0.2) is 42.5 Å². The summed E-state index contributed by atoms with van der Waals surface area (Å²) in [5, 5.41) is 10.2. The van der Waals surface area contributed by atoms with Gasteiger partial charge in [0.05, 0.1) is 13.2 Å². The molecule has 5 nitrogen and oxygen atoms in total. The van der Waals surface area contributed by atoms with Crippen molar-refractivity contribution in [2.45, 2.75) is 18.9 Å². The van der Waals surface area contributed by atoms with Gasteiger partial charge in [0.1, 0.15) is 24.3 Å². The summed E-state index contributed by atoms with van der Waals surface area (Å²) in [7, 11) is 0. The Morgan fingerprint density at radius 1 is 0.966 bits per heavy atom. The Balaban J connectivity index is 1.39. The van der Waals surface area contributed by atoms with E-state index in [1.807, 2.05) is 18.2 Å². The average Bonchev–Trinajstić information content (AvgIpc) is 3.26. The highest BCUT2D eigenvalue weighted by molar-refractivity contribution is 5.68. The minimum atomic E-state index is -0.576. The van der Waals surface area contributed by atoms with E-state index in [2.05, 4.69) is 21.9 Å². The van der Waals surface area contributed by atoms with Crippen molar-refractivity contribution in [1.29, 1.82) is 0 Å². The Labute approximate surface area is 171 Å². The summed E-state index contributed by atoms with van der Waals surface area (Å²) < 4.78 is 25.3. The second-order valence-electron chi connectivity index (χ2n) is 7.79. The SMILES string of the molecule is OC(COc1cc(F)cc(-c2ccc(N3CCOCC3)cc2)c1)CN1CCCC1. The van der Waals surface area contributed by atoms with Crippen molar-refractivity contribution in [3.05, 3.63) is 48.3 Å². The standard InChI is InChI=1S/C23H29FN2O3/c24-20-13-19(18-3-5-21(6-4-18)26-9-11-28-12-10-26)14-23(15-20)29-17-22(27)16-25-7-1-2-8-25/h3-6,13-15,22,27H,1-2,7-12,16-17H2. The number of nitrogens with zero attached hydrogens (tertiary/aromatic N) is 2. The van der Waals surface area contributed by atoms with E-state index < -0.39 is 6.10 Å². The van der Waals surface area contributed by atoms with Crippen LogP contribution in [0.1, 0.15) is 12.8 Å². The van der Waals surface area contributed by atoms with Gasteiger partial charge in [0.2, 0.25) is 0 Å². The number of rotatable bonds is 7. The Morgan fingerprint density at radius 3 is 2.41 bits per heavy atom. The zero-order valence-electron chi connectivity index (χ0n) is 16.7. The number of morpholine rings is 1. The van der Waals surface area contributed by atoms with E-state index >= 15 is 0 Å². The van der Waals surface area contributed by atoms with Gasteiger partial charge in [0, 0.05) is 31.4 Å². The van der Waals surface area contributed by atoms with Crippen LogP contribution in [0.3, 0.4) is 0 Å². The molecule has 4 rings (SSSR count).